The zero-order valence-electron chi connectivity index (χ0n) is 9.50. The Morgan fingerprint density at radius 3 is 2.53 bits per heavy atom. The highest BCUT2D eigenvalue weighted by Crippen LogP contribution is 2.31. The van der Waals surface area contributed by atoms with E-state index in [-0.39, 0.29) is 6.61 Å². The number of para-hydroxylation sites is 1. The first kappa shape index (κ1) is 12.3. The highest BCUT2D eigenvalue weighted by atomic mass is 35.5. The van der Waals surface area contributed by atoms with Gasteiger partial charge in [0.2, 0.25) is 0 Å². The molecule has 15 heavy (non-hydrogen) atoms. The predicted molar refractivity (Wildman–Crippen MR) is 65.5 cm³/mol. The molecule has 3 heteroatoms. The molecule has 1 N–H and O–H groups in total. The zero-order chi connectivity index (χ0) is 11.4. The van der Waals surface area contributed by atoms with Crippen LogP contribution in [0, 0.1) is 0 Å². The Morgan fingerprint density at radius 1 is 1.40 bits per heavy atom. The van der Waals surface area contributed by atoms with Crippen molar-refractivity contribution < 1.29 is 5.11 Å². The van der Waals surface area contributed by atoms with Crippen LogP contribution in [0.4, 0.5) is 5.69 Å². The molecule has 0 saturated heterocycles. The molecule has 0 aliphatic heterocycles. The number of hydrogen-bond acceptors (Lipinski definition) is 2. The van der Waals surface area contributed by atoms with Crippen molar-refractivity contribution in [1.29, 1.82) is 0 Å². The summed E-state index contributed by atoms with van der Waals surface area (Å²) < 4.78 is 0. The van der Waals surface area contributed by atoms with E-state index in [0.29, 0.717) is 11.1 Å². The first-order chi connectivity index (χ1) is 7.11. The van der Waals surface area contributed by atoms with Gasteiger partial charge in [-0.1, -0.05) is 23.7 Å². The van der Waals surface area contributed by atoms with Gasteiger partial charge in [0.05, 0.1) is 17.3 Å². The summed E-state index contributed by atoms with van der Waals surface area (Å²) in [5, 5.41) is 9.99. The minimum Gasteiger partial charge on any atom is -0.392 e. The Labute approximate surface area is 96.5 Å². The van der Waals surface area contributed by atoms with Gasteiger partial charge in [-0.15, -0.1) is 0 Å². The number of aliphatic hydroxyl groups excluding tert-OH is 1. The number of hydrogen-bond donors (Lipinski definition) is 1. The third kappa shape index (κ3) is 2.64. The molecule has 2 nitrogen and oxygen atoms in total. The average Bonchev–Trinajstić information content (AvgIpc) is 2.21. The number of benzene rings is 1. The van der Waals surface area contributed by atoms with Crippen molar-refractivity contribution in [2.45, 2.75) is 33.4 Å². The second kappa shape index (κ2) is 5.38. The molecule has 0 saturated carbocycles. The maximum atomic E-state index is 9.28. The molecule has 84 valence electrons. The van der Waals surface area contributed by atoms with Crippen molar-refractivity contribution in [3.8, 4) is 0 Å². The molecular formula is C12H18ClNO. The predicted octanol–water partition coefficient (Wildman–Crippen LogP) is 3.07. The van der Waals surface area contributed by atoms with Crippen LogP contribution in [-0.2, 0) is 6.61 Å². The van der Waals surface area contributed by atoms with Crippen molar-refractivity contribution in [2.24, 2.45) is 0 Å². The van der Waals surface area contributed by atoms with E-state index in [1.807, 2.05) is 18.2 Å². The molecule has 0 radical (unpaired) electrons. The molecule has 0 amide bonds. The molecule has 0 aliphatic carbocycles. The summed E-state index contributed by atoms with van der Waals surface area (Å²) in [7, 11) is 0. The van der Waals surface area contributed by atoms with Gasteiger partial charge in [0.25, 0.3) is 0 Å². The third-order valence-corrected chi connectivity index (χ3v) is 2.80. The van der Waals surface area contributed by atoms with E-state index in [1.54, 1.807) is 0 Å². The van der Waals surface area contributed by atoms with Gasteiger partial charge in [-0.05, 0) is 26.8 Å². The molecule has 0 unspecified atom stereocenters. The highest BCUT2D eigenvalue weighted by Gasteiger charge is 2.15. The minimum atomic E-state index is 0.0269. The average molecular weight is 228 g/mol. The van der Waals surface area contributed by atoms with Crippen molar-refractivity contribution in [3.63, 3.8) is 0 Å². The lowest BCUT2D eigenvalue weighted by Crippen LogP contribution is -2.31. The van der Waals surface area contributed by atoms with Crippen LogP contribution < -0.4 is 4.90 Å². The first-order valence-electron chi connectivity index (χ1n) is 5.26. The van der Waals surface area contributed by atoms with Gasteiger partial charge >= 0.3 is 0 Å². The summed E-state index contributed by atoms with van der Waals surface area (Å²) in [5.74, 6) is 0. The van der Waals surface area contributed by atoms with Gasteiger partial charge in [0, 0.05) is 18.2 Å². The van der Waals surface area contributed by atoms with Gasteiger partial charge in [-0.2, -0.15) is 0 Å². The molecule has 1 aromatic rings. The fraction of sp³-hybridized carbons (Fsp3) is 0.500. The van der Waals surface area contributed by atoms with Gasteiger partial charge < -0.3 is 10.0 Å². The van der Waals surface area contributed by atoms with Crippen molar-refractivity contribution in [3.05, 3.63) is 28.8 Å². The van der Waals surface area contributed by atoms with Crippen LogP contribution in [0.1, 0.15) is 26.3 Å². The number of rotatable bonds is 4. The SMILES string of the molecule is CCN(c1c(Cl)cccc1CO)C(C)C. The minimum absolute atomic E-state index is 0.0269. The Hall–Kier alpha value is -0.730. The number of aliphatic hydroxyl groups is 1. The topological polar surface area (TPSA) is 23.5 Å². The van der Waals surface area contributed by atoms with Crippen LogP contribution in [0.15, 0.2) is 18.2 Å². The van der Waals surface area contributed by atoms with E-state index in [0.717, 1.165) is 17.8 Å². The quantitative estimate of drug-likeness (QED) is 0.855. The molecule has 0 aliphatic rings. The molecular weight excluding hydrogens is 210 g/mol. The second-order valence-electron chi connectivity index (χ2n) is 3.79. The monoisotopic (exact) mass is 227 g/mol. The largest absolute Gasteiger partial charge is 0.392 e. The fourth-order valence-corrected chi connectivity index (χ4v) is 2.09. The molecule has 1 aromatic carbocycles. The lowest BCUT2D eigenvalue weighted by atomic mass is 10.1. The van der Waals surface area contributed by atoms with Gasteiger partial charge in [0.15, 0.2) is 0 Å². The Morgan fingerprint density at radius 2 is 2.07 bits per heavy atom. The highest BCUT2D eigenvalue weighted by molar-refractivity contribution is 6.33. The maximum absolute atomic E-state index is 9.28. The maximum Gasteiger partial charge on any atom is 0.0702 e. The van der Waals surface area contributed by atoms with E-state index in [9.17, 15) is 5.11 Å². The number of anilines is 1. The first-order valence-corrected chi connectivity index (χ1v) is 5.64. The van der Waals surface area contributed by atoms with Crippen molar-refractivity contribution in [1.82, 2.24) is 0 Å². The molecule has 0 spiro atoms. The molecule has 0 atom stereocenters. The lowest BCUT2D eigenvalue weighted by Gasteiger charge is -2.30. The molecule has 0 bridgehead atoms. The Kier molecular flexibility index (Phi) is 4.43. The smallest absolute Gasteiger partial charge is 0.0702 e. The van der Waals surface area contributed by atoms with E-state index < -0.39 is 0 Å². The summed E-state index contributed by atoms with van der Waals surface area (Å²) in [6, 6.07) is 6.01. The van der Waals surface area contributed by atoms with Gasteiger partial charge in [0.1, 0.15) is 0 Å². The van der Waals surface area contributed by atoms with Gasteiger partial charge in [-0.3, -0.25) is 0 Å². The fourth-order valence-electron chi connectivity index (χ4n) is 1.79. The van der Waals surface area contributed by atoms with Crippen LogP contribution >= 0.6 is 11.6 Å². The summed E-state index contributed by atoms with van der Waals surface area (Å²) in [6.45, 7) is 7.24. The third-order valence-electron chi connectivity index (χ3n) is 2.49. The van der Waals surface area contributed by atoms with E-state index in [2.05, 4.69) is 25.7 Å². The molecule has 1 rings (SSSR count). The standard InChI is InChI=1S/C12H18ClNO/c1-4-14(9(2)3)12-10(8-15)6-5-7-11(12)13/h5-7,9,15H,4,8H2,1-3H3. The Bertz CT molecular complexity index is 325. The van der Waals surface area contributed by atoms with Crippen LogP contribution in [0.3, 0.4) is 0 Å². The zero-order valence-corrected chi connectivity index (χ0v) is 10.3. The number of halogens is 1. The van der Waals surface area contributed by atoms with E-state index in [4.69, 9.17) is 11.6 Å². The lowest BCUT2D eigenvalue weighted by molar-refractivity contribution is 0.282. The van der Waals surface area contributed by atoms with Crippen molar-refractivity contribution in [2.75, 3.05) is 11.4 Å². The summed E-state index contributed by atoms with van der Waals surface area (Å²) in [4.78, 5) is 2.19. The second-order valence-corrected chi connectivity index (χ2v) is 4.19. The van der Waals surface area contributed by atoms with E-state index >= 15 is 0 Å². The Balaban J connectivity index is 3.20. The van der Waals surface area contributed by atoms with Gasteiger partial charge in [-0.25, -0.2) is 0 Å². The summed E-state index contributed by atoms with van der Waals surface area (Å²) in [6.07, 6.45) is 0. The summed E-state index contributed by atoms with van der Waals surface area (Å²) in [5.41, 5.74) is 1.84. The molecule has 0 heterocycles. The van der Waals surface area contributed by atoms with Crippen LogP contribution in [-0.4, -0.2) is 17.7 Å². The van der Waals surface area contributed by atoms with Crippen LogP contribution in [0.5, 0.6) is 0 Å². The molecule has 0 fully saturated rings. The summed E-state index contributed by atoms with van der Waals surface area (Å²) >= 11 is 6.17. The normalized spacial score (nSPS) is 10.8. The van der Waals surface area contributed by atoms with Crippen LogP contribution in [0.2, 0.25) is 5.02 Å². The molecule has 0 aromatic heterocycles. The van der Waals surface area contributed by atoms with Crippen molar-refractivity contribution >= 4 is 17.3 Å². The van der Waals surface area contributed by atoms with E-state index in [1.165, 1.54) is 0 Å². The van der Waals surface area contributed by atoms with Crippen LogP contribution in [0.25, 0.3) is 0 Å². The number of nitrogens with zero attached hydrogens (tertiary/aromatic N) is 1.